The Labute approximate surface area is 216 Å². The minimum atomic E-state index is -0.212. The van der Waals surface area contributed by atoms with Gasteiger partial charge in [0.25, 0.3) is 5.91 Å². The summed E-state index contributed by atoms with van der Waals surface area (Å²) in [6.45, 7) is 14.0. The zero-order valence-corrected chi connectivity index (χ0v) is 22.8. The SMILES string of the molecule is C/C=C\C(=C/C)CO[C@H]1CN(C(=O)c2cnn3c2N[C@@H](c2ccccc2)CC3(C)C)C(CC)(CC)C1. The van der Waals surface area contributed by atoms with Crippen LogP contribution in [0.3, 0.4) is 0 Å². The highest BCUT2D eigenvalue weighted by molar-refractivity contribution is 5.99. The molecule has 0 aliphatic carbocycles. The van der Waals surface area contributed by atoms with Crippen LogP contribution in [0.2, 0.25) is 0 Å². The van der Waals surface area contributed by atoms with E-state index in [4.69, 9.17) is 9.84 Å². The zero-order valence-electron chi connectivity index (χ0n) is 22.8. The number of allylic oxidation sites excluding steroid dienone is 2. The summed E-state index contributed by atoms with van der Waals surface area (Å²) in [7, 11) is 0. The number of carbonyl (C=O) groups is 1. The topological polar surface area (TPSA) is 59.4 Å². The van der Waals surface area contributed by atoms with E-state index < -0.39 is 0 Å². The molecule has 2 aliphatic rings. The van der Waals surface area contributed by atoms with Crippen LogP contribution in [-0.4, -0.2) is 45.4 Å². The van der Waals surface area contributed by atoms with Gasteiger partial charge in [-0.1, -0.05) is 62.4 Å². The maximum absolute atomic E-state index is 14.2. The summed E-state index contributed by atoms with van der Waals surface area (Å²) >= 11 is 0. The molecule has 0 spiro atoms. The van der Waals surface area contributed by atoms with Crippen LogP contribution in [0.1, 0.15) is 89.2 Å². The van der Waals surface area contributed by atoms with Gasteiger partial charge >= 0.3 is 0 Å². The molecule has 0 bridgehead atoms. The Balaban J connectivity index is 1.61. The van der Waals surface area contributed by atoms with Crippen molar-refractivity contribution in [3.63, 3.8) is 0 Å². The van der Waals surface area contributed by atoms with Crippen molar-refractivity contribution in [1.29, 1.82) is 0 Å². The van der Waals surface area contributed by atoms with E-state index in [0.29, 0.717) is 18.7 Å². The lowest BCUT2D eigenvalue weighted by Gasteiger charge is -2.39. The van der Waals surface area contributed by atoms with E-state index in [1.807, 2.05) is 30.7 Å². The zero-order chi connectivity index (χ0) is 25.9. The Kier molecular flexibility index (Phi) is 7.74. The second kappa shape index (κ2) is 10.6. The quantitative estimate of drug-likeness (QED) is 0.430. The van der Waals surface area contributed by atoms with Crippen LogP contribution in [-0.2, 0) is 10.3 Å². The van der Waals surface area contributed by atoms with Crippen LogP contribution in [0.25, 0.3) is 0 Å². The number of likely N-dealkylation sites (tertiary alicyclic amines) is 1. The fourth-order valence-electron chi connectivity index (χ4n) is 5.92. The van der Waals surface area contributed by atoms with Gasteiger partial charge in [0.15, 0.2) is 0 Å². The highest BCUT2D eigenvalue weighted by Gasteiger charge is 2.47. The molecule has 4 rings (SSSR count). The third-order valence-electron chi connectivity index (χ3n) is 8.15. The Morgan fingerprint density at radius 2 is 1.89 bits per heavy atom. The van der Waals surface area contributed by atoms with E-state index in [2.05, 4.69) is 74.3 Å². The molecule has 1 fully saturated rings. The second-order valence-corrected chi connectivity index (χ2v) is 10.8. The number of hydrogen-bond acceptors (Lipinski definition) is 4. The number of rotatable bonds is 8. The Hall–Kier alpha value is -2.86. The van der Waals surface area contributed by atoms with E-state index >= 15 is 0 Å². The first-order valence-electron chi connectivity index (χ1n) is 13.4. The van der Waals surface area contributed by atoms with E-state index in [1.165, 1.54) is 5.56 Å². The molecular weight excluding hydrogens is 448 g/mol. The van der Waals surface area contributed by atoms with Crippen LogP contribution in [0.15, 0.2) is 60.3 Å². The lowest BCUT2D eigenvalue weighted by Crippen LogP contribution is -2.47. The molecule has 2 atom stereocenters. The smallest absolute Gasteiger partial charge is 0.259 e. The van der Waals surface area contributed by atoms with Gasteiger partial charge in [-0.2, -0.15) is 5.10 Å². The van der Waals surface area contributed by atoms with Crippen LogP contribution < -0.4 is 5.32 Å². The predicted molar refractivity (Wildman–Crippen MR) is 146 cm³/mol. The van der Waals surface area contributed by atoms with Crippen LogP contribution in [0, 0.1) is 0 Å². The van der Waals surface area contributed by atoms with Gasteiger partial charge in [-0.15, -0.1) is 0 Å². The number of anilines is 1. The number of aromatic nitrogens is 2. The van der Waals surface area contributed by atoms with Crippen molar-refractivity contribution >= 4 is 11.7 Å². The average Bonchev–Trinajstić information content (AvgIpc) is 3.49. The third kappa shape index (κ3) is 4.88. The fourth-order valence-corrected chi connectivity index (χ4v) is 5.92. The monoisotopic (exact) mass is 490 g/mol. The number of amides is 1. The summed E-state index contributed by atoms with van der Waals surface area (Å²) in [5.74, 6) is 0.864. The van der Waals surface area contributed by atoms with Crippen molar-refractivity contribution in [2.75, 3.05) is 18.5 Å². The summed E-state index contributed by atoms with van der Waals surface area (Å²) in [5, 5.41) is 8.36. The molecule has 194 valence electrons. The molecule has 6 nitrogen and oxygen atoms in total. The summed E-state index contributed by atoms with van der Waals surface area (Å²) in [5.41, 5.74) is 2.61. The molecule has 0 unspecified atom stereocenters. The van der Waals surface area contributed by atoms with E-state index in [0.717, 1.165) is 37.1 Å². The van der Waals surface area contributed by atoms with Gasteiger partial charge in [-0.3, -0.25) is 4.79 Å². The lowest BCUT2D eigenvalue weighted by molar-refractivity contribution is 0.0550. The molecule has 0 saturated carbocycles. The number of hydrogen-bond donors (Lipinski definition) is 1. The van der Waals surface area contributed by atoms with Crippen molar-refractivity contribution in [2.24, 2.45) is 0 Å². The number of fused-ring (bicyclic) bond motifs is 1. The van der Waals surface area contributed by atoms with Gasteiger partial charge in [-0.25, -0.2) is 4.68 Å². The average molecular weight is 491 g/mol. The van der Waals surface area contributed by atoms with Gasteiger partial charge in [0.2, 0.25) is 0 Å². The van der Waals surface area contributed by atoms with Crippen LogP contribution >= 0.6 is 0 Å². The molecule has 0 radical (unpaired) electrons. The molecule has 2 aromatic rings. The van der Waals surface area contributed by atoms with E-state index in [9.17, 15) is 4.79 Å². The van der Waals surface area contributed by atoms with Crippen LogP contribution in [0.5, 0.6) is 0 Å². The molecule has 2 aliphatic heterocycles. The number of nitrogens with zero attached hydrogens (tertiary/aromatic N) is 3. The number of ether oxygens (including phenoxy) is 1. The molecular formula is C30H42N4O2. The number of nitrogens with one attached hydrogen (secondary N) is 1. The van der Waals surface area contributed by atoms with Crippen molar-refractivity contribution in [2.45, 2.75) is 90.4 Å². The van der Waals surface area contributed by atoms with Gasteiger partial charge in [0.1, 0.15) is 11.4 Å². The standard InChI is InChI=1S/C30H42N4O2/c1-7-14-22(8-2)21-36-24-17-30(9-3,10-4)33(20-24)28(35)25-19-31-34-27(25)32-26(18-29(34,5)6)23-15-12-11-13-16-23/h7-8,11-16,19,24,26,32H,9-10,17-18,20-21H2,1-6H3/b14-7-,22-8+/t24-,26-/m1/s1. The van der Waals surface area contributed by atoms with Gasteiger partial charge < -0.3 is 15.0 Å². The van der Waals surface area contributed by atoms with Gasteiger partial charge in [0, 0.05) is 12.1 Å². The molecule has 3 heterocycles. The summed E-state index contributed by atoms with van der Waals surface area (Å²) < 4.78 is 8.33. The second-order valence-electron chi connectivity index (χ2n) is 10.8. The molecule has 1 N–H and O–H groups in total. The first kappa shape index (κ1) is 26.2. The summed E-state index contributed by atoms with van der Waals surface area (Å²) in [6, 6.07) is 10.6. The first-order chi connectivity index (χ1) is 17.3. The Morgan fingerprint density at radius 1 is 1.17 bits per heavy atom. The molecule has 1 amide bonds. The van der Waals surface area contributed by atoms with Crippen molar-refractivity contribution < 1.29 is 9.53 Å². The third-order valence-corrected chi connectivity index (χ3v) is 8.15. The highest BCUT2D eigenvalue weighted by Crippen LogP contribution is 2.42. The minimum absolute atomic E-state index is 0.0157. The fraction of sp³-hybridized carbons (Fsp3) is 0.533. The largest absolute Gasteiger partial charge is 0.372 e. The number of benzene rings is 1. The lowest BCUT2D eigenvalue weighted by atomic mass is 9.88. The van der Waals surface area contributed by atoms with E-state index in [1.54, 1.807) is 6.20 Å². The van der Waals surface area contributed by atoms with Gasteiger partial charge in [-0.05, 0) is 64.5 Å². The molecule has 1 aromatic carbocycles. The molecule has 6 heteroatoms. The van der Waals surface area contributed by atoms with Crippen molar-refractivity contribution in [1.82, 2.24) is 14.7 Å². The number of carbonyl (C=O) groups excluding carboxylic acids is 1. The molecule has 36 heavy (non-hydrogen) atoms. The first-order valence-corrected chi connectivity index (χ1v) is 13.4. The van der Waals surface area contributed by atoms with Gasteiger partial charge in [0.05, 0.1) is 30.5 Å². The molecule has 1 aromatic heterocycles. The van der Waals surface area contributed by atoms with Crippen molar-refractivity contribution in [3.05, 3.63) is 71.5 Å². The summed E-state index contributed by atoms with van der Waals surface area (Å²) in [4.78, 5) is 16.2. The minimum Gasteiger partial charge on any atom is -0.372 e. The summed E-state index contributed by atoms with van der Waals surface area (Å²) in [6.07, 6.45) is 11.5. The maximum atomic E-state index is 14.2. The molecule has 1 saturated heterocycles. The maximum Gasteiger partial charge on any atom is 0.259 e. The highest BCUT2D eigenvalue weighted by atomic mass is 16.5. The van der Waals surface area contributed by atoms with E-state index in [-0.39, 0.29) is 29.1 Å². The Morgan fingerprint density at radius 3 is 2.53 bits per heavy atom. The predicted octanol–water partition coefficient (Wildman–Crippen LogP) is 6.49. The normalized spacial score (nSPS) is 23.1. The van der Waals surface area contributed by atoms with Crippen LogP contribution in [0.4, 0.5) is 5.82 Å². The Bertz CT molecular complexity index is 1110. The van der Waals surface area contributed by atoms with Crippen molar-refractivity contribution in [3.8, 4) is 0 Å².